The van der Waals surface area contributed by atoms with Crippen molar-refractivity contribution in [2.75, 3.05) is 25.5 Å². The van der Waals surface area contributed by atoms with Gasteiger partial charge in [-0.2, -0.15) is 0 Å². The second-order valence-electron chi connectivity index (χ2n) is 4.61. The molecule has 4 nitrogen and oxygen atoms in total. The van der Waals surface area contributed by atoms with Crippen LogP contribution in [0.3, 0.4) is 0 Å². The lowest BCUT2D eigenvalue weighted by Crippen LogP contribution is -2.23. The lowest BCUT2D eigenvalue weighted by molar-refractivity contribution is 0.613. The van der Waals surface area contributed by atoms with Crippen molar-refractivity contribution in [3.63, 3.8) is 0 Å². The SMILES string of the molecule is CCNC(c1cccc(N(C)C)c1)c1cnccn1. The standard InChI is InChI=1S/C15H20N4/c1-4-17-15(14-11-16-8-9-18-14)12-6-5-7-13(10-12)19(2)3/h5-11,15,17H,4H2,1-3H3. The highest BCUT2D eigenvalue weighted by Crippen LogP contribution is 2.23. The smallest absolute Gasteiger partial charge is 0.0801 e. The molecule has 2 aromatic rings. The van der Waals surface area contributed by atoms with Crippen LogP contribution in [0.1, 0.15) is 24.2 Å². The molecule has 0 aliphatic heterocycles. The molecule has 1 aromatic carbocycles. The summed E-state index contributed by atoms with van der Waals surface area (Å²) in [5.41, 5.74) is 3.33. The third kappa shape index (κ3) is 3.29. The van der Waals surface area contributed by atoms with Gasteiger partial charge < -0.3 is 10.2 Å². The van der Waals surface area contributed by atoms with Gasteiger partial charge in [0.2, 0.25) is 0 Å². The van der Waals surface area contributed by atoms with Crippen LogP contribution >= 0.6 is 0 Å². The van der Waals surface area contributed by atoms with E-state index in [1.807, 2.05) is 20.3 Å². The van der Waals surface area contributed by atoms with Gasteiger partial charge in [-0.1, -0.05) is 19.1 Å². The Kier molecular flexibility index (Phi) is 4.47. The van der Waals surface area contributed by atoms with Gasteiger partial charge in [-0.25, -0.2) is 0 Å². The highest BCUT2D eigenvalue weighted by Gasteiger charge is 2.14. The number of nitrogens with one attached hydrogen (secondary N) is 1. The first kappa shape index (κ1) is 13.5. The van der Waals surface area contributed by atoms with Crippen LogP contribution < -0.4 is 10.2 Å². The quantitative estimate of drug-likeness (QED) is 0.890. The van der Waals surface area contributed by atoms with Crippen LogP contribution in [0.25, 0.3) is 0 Å². The number of benzene rings is 1. The molecule has 4 heteroatoms. The maximum absolute atomic E-state index is 4.41. The van der Waals surface area contributed by atoms with Crippen molar-refractivity contribution >= 4 is 5.69 Å². The molecular formula is C15H20N4. The molecule has 19 heavy (non-hydrogen) atoms. The average molecular weight is 256 g/mol. The van der Waals surface area contributed by atoms with Crippen LogP contribution in [0.2, 0.25) is 0 Å². The minimum absolute atomic E-state index is 0.0820. The summed E-state index contributed by atoms with van der Waals surface area (Å²) in [4.78, 5) is 10.7. The van der Waals surface area contributed by atoms with Gasteiger partial charge >= 0.3 is 0 Å². The van der Waals surface area contributed by atoms with Crippen LogP contribution in [0.4, 0.5) is 5.69 Å². The molecule has 2 rings (SSSR count). The maximum atomic E-state index is 4.41. The van der Waals surface area contributed by atoms with E-state index < -0.39 is 0 Å². The lowest BCUT2D eigenvalue weighted by Gasteiger charge is -2.20. The molecule has 1 aromatic heterocycles. The molecule has 100 valence electrons. The van der Waals surface area contributed by atoms with Crippen molar-refractivity contribution in [1.29, 1.82) is 0 Å². The second kappa shape index (κ2) is 6.29. The predicted molar refractivity (Wildman–Crippen MR) is 78.3 cm³/mol. The topological polar surface area (TPSA) is 41.0 Å². The summed E-state index contributed by atoms with van der Waals surface area (Å²) in [6.07, 6.45) is 5.24. The van der Waals surface area contributed by atoms with Crippen LogP contribution in [-0.4, -0.2) is 30.6 Å². The Hall–Kier alpha value is -1.94. The lowest BCUT2D eigenvalue weighted by atomic mass is 10.0. The molecule has 0 aliphatic rings. The van der Waals surface area contributed by atoms with Crippen LogP contribution in [0, 0.1) is 0 Å². The van der Waals surface area contributed by atoms with Gasteiger partial charge in [-0.15, -0.1) is 0 Å². The number of aromatic nitrogens is 2. The molecule has 1 atom stereocenters. The number of hydrogen-bond donors (Lipinski definition) is 1. The first-order chi connectivity index (χ1) is 9.22. The van der Waals surface area contributed by atoms with Crippen molar-refractivity contribution < 1.29 is 0 Å². The zero-order valence-corrected chi connectivity index (χ0v) is 11.7. The summed E-state index contributed by atoms with van der Waals surface area (Å²) < 4.78 is 0. The normalized spacial score (nSPS) is 12.2. The molecule has 0 amide bonds. The molecule has 0 saturated carbocycles. The fourth-order valence-corrected chi connectivity index (χ4v) is 2.04. The van der Waals surface area contributed by atoms with E-state index in [0.29, 0.717) is 0 Å². The fourth-order valence-electron chi connectivity index (χ4n) is 2.04. The van der Waals surface area contributed by atoms with Crippen LogP contribution in [0.15, 0.2) is 42.9 Å². The summed E-state index contributed by atoms with van der Waals surface area (Å²) in [6.45, 7) is 2.98. The third-order valence-electron chi connectivity index (χ3n) is 3.01. The van der Waals surface area contributed by atoms with Gasteiger partial charge in [0, 0.05) is 32.2 Å². The third-order valence-corrected chi connectivity index (χ3v) is 3.01. The second-order valence-corrected chi connectivity index (χ2v) is 4.61. The number of anilines is 1. The Bertz CT molecular complexity index is 511. The molecule has 0 saturated heterocycles. The van der Waals surface area contributed by atoms with Gasteiger partial charge in [-0.05, 0) is 24.2 Å². The zero-order chi connectivity index (χ0) is 13.7. The minimum Gasteiger partial charge on any atom is -0.378 e. The van der Waals surface area contributed by atoms with E-state index in [4.69, 9.17) is 0 Å². The van der Waals surface area contributed by atoms with Gasteiger partial charge in [0.15, 0.2) is 0 Å². The van der Waals surface area contributed by atoms with E-state index >= 15 is 0 Å². The Morgan fingerprint density at radius 1 is 1.26 bits per heavy atom. The summed E-state index contributed by atoms with van der Waals surface area (Å²) in [5.74, 6) is 0. The van der Waals surface area contributed by atoms with Gasteiger partial charge in [0.1, 0.15) is 0 Å². The molecule has 0 radical (unpaired) electrons. The molecule has 0 fully saturated rings. The first-order valence-electron chi connectivity index (χ1n) is 6.49. The fraction of sp³-hybridized carbons (Fsp3) is 0.333. The van der Waals surface area contributed by atoms with Crippen molar-refractivity contribution in [2.45, 2.75) is 13.0 Å². The number of nitrogens with zero attached hydrogens (tertiary/aromatic N) is 3. The number of rotatable bonds is 5. The largest absolute Gasteiger partial charge is 0.378 e. The van der Waals surface area contributed by atoms with E-state index in [2.05, 4.69) is 51.4 Å². The van der Waals surface area contributed by atoms with E-state index in [1.165, 1.54) is 11.3 Å². The molecule has 1 N–H and O–H groups in total. The molecule has 0 aliphatic carbocycles. The highest BCUT2D eigenvalue weighted by atomic mass is 15.1. The Morgan fingerprint density at radius 3 is 2.74 bits per heavy atom. The summed E-state index contributed by atoms with van der Waals surface area (Å²) in [5, 5.41) is 3.46. The molecular weight excluding hydrogens is 236 g/mol. The maximum Gasteiger partial charge on any atom is 0.0801 e. The Morgan fingerprint density at radius 2 is 2.11 bits per heavy atom. The molecule has 0 spiro atoms. The van der Waals surface area contributed by atoms with Crippen molar-refractivity contribution in [1.82, 2.24) is 15.3 Å². The van der Waals surface area contributed by atoms with E-state index in [9.17, 15) is 0 Å². The summed E-state index contributed by atoms with van der Waals surface area (Å²) in [6, 6.07) is 8.56. The predicted octanol–water partition coefficient (Wildman–Crippen LogP) is 2.24. The van der Waals surface area contributed by atoms with E-state index in [1.54, 1.807) is 12.4 Å². The van der Waals surface area contributed by atoms with Crippen LogP contribution in [0.5, 0.6) is 0 Å². The summed E-state index contributed by atoms with van der Waals surface area (Å²) >= 11 is 0. The Balaban J connectivity index is 2.36. The van der Waals surface area contributed by atoms with E-state index in [0.717, 1.165) is 12.2 Å². The van der Waals surface area contributed by atoms with Gasteiger partial charge in [0.05, 0.1) is 17.9 Å². The average Bonchev–Trinajstić information content (AvgIpc) is 2.46. The molecule has 0 bridgehead atoms. The highest BCUT2D eigenvalue weighted by molar-refractivity contribution is 5.48. The number of hydrogen-bond acceptors (Lipinski definition) is 4. The van der Waals surface area contributed by atoms with Crippen molar-refractivity contribution in [2.24, 2.45) is 0 Å². The van der Waals surface area contributed by atoms with Crippen molar-refractivity contribution in [3.8, 4) is 0 Å². The van der Waals surface area contributed by atoms with Gasteiger partial charge in [0.25, 0.3) is 0 Å². The first-order valence-corrected chi connectivity index (χ1v) is 6.49. The Labute approximate surface area is 114 Å². The van der Waals surface area contributed by atoms with E-state index in [-0.39, 0.29) is 6.04 Å². The molecule has 1 heterocycles. The van der Waals surface area contributed by atoms with Crippen LogP contribution in [-0.2, 0) is 0 Å². The minimum atomic E-state index is 0.0820. The van der Waals surface area contributed by atoms with Gasteiger partial charge in [-0.3, -0.25) is 9.97 Å². The monoisotopic (exact) mass is 256 g/mol. The zero-order valence-electron chi connectivity index (χ0n) is 11.7. The summed E-state index contributed by atoms with van der Waals surface area (Å²) in [7, 11) is 4.09. The van der Waals surface area contributed by atoms with Crippen molar-refractivity contribution in [3.05, 3.63) is 54.1 Å². The molecule has 1 unspecified atom stereocenters.